The highest BCUT2D eigenvalue weighted by atomic mass is 16.2. The molecule has 0 saturated carbocycles. The van der Waals surface area contributed by atoms with Gasteiger partial charge in [0.25, 0.3) is 5.91 Å². The van der Waals surface area contributed by atoms with Gasteiger partial charge in [-0.1, -0.05) is 60.7 Å². The molecular formula is C29H24N6O. The van der Waals surface area contributed by atoms with Gasteiger partial charge in [0, 0.05) is 55.3 Å². The third-order valence-corrected chi connectivity index (χ3v) is 6.41. The van der Waals surface area contributed by atoms with E-state index in [9.17, 15) is 4.79 Å². The van der Waals surface area contributed by atoms with Crippen molar-refractivity contribution in [1.82, 2.24) is 24.8 Å². The first kappa shape index (κ1) is 21.9. The number of hydrogen-bond donors (Lipinski definition) is 0. The molecule has 7 heteroatoms. The minimum atomic E-state index is 0.000673. The van der Waals surface area contributed by atoms with Gasteiger partial charge in [-0.25, -0.2) is 19.9 Å². The second-order valence-corrected chi connectivity index (χ2v) is 8.68. The zero-order valence-electron chi connectivity index (χ0n) is 19.7. The van der Waals surface area contributed by atoms with E-state index in [-0.39, 0.29) is 5.91 Å². The SMILES string of the molecule is O=C(c1ccc2nc(-c3ccccc3)c(-c3ccccc3)nc2c1)N1CCN(c2ncccn2)CC1. The molecule has 0 atom stereocenters. The van der Waals surface area contributed by atoms with Crippen molar-refractivity contribution in [1.29, 1.82) is 0 Å². The number of rotatable bonds is 4. The Labute approximate surface area is 209 Å². The smallest absolute Gasteiger partial charge is 0.254 e. The molecule has 1 amide bonds. The van der Waals surface area contributed by atoms with Crippen LogP contribution in [0.15, 0.2) is 97.3 Å². The van der Waals surface area contributed by atoms with Crippen molar-refractivity contribution in [3.63, 3.8) is 0 Å². The molecule has 7 nitrogen and oxygen atoms in total. The second kappa shape index (κ2) is 9.54. The van der Waals surface area contributed by atoms with E-state index in [1.165, 1.54) is 0 Å². The molecule has 36 heavy (non-hydrogen) atoms. The summed E-state index contributed by atoms with van der Waals surface area (Å²) in [6.07, 6.45) is 3.48. The average molecular weight is 473 g/mol. The van der Waals surface area contributed by atoms with Crippen molar-refractivity contribution >= 4 is 22.9 Å². The number of hydrogen-bond acceptors (Lipinski definition) is 6. The lowest BCUT2D eigenvalue weighted by molar-refractivity contribution is 0.0746. The van der Waals surface area contributed by atoms with Gasteiger partial charge in [0.1, 0.15) is 0 Å². The summed E-state index contributed by atoms with van der Waals surface area (Å²) in [4.78, 5) is 36.0. The van der Waals surface area contributed by atoms with Crippen LogP contribution in [0.3, 0.4) is 0 Å². The number of aromatic nitrogens is 4. The maximum atomic E-state index is 13.4. The van der Waals surface area contributed by atoms with Crippen molar-refractivity contribution in [2.75, 3.05) is 31.1 Å². The summed E-state index contributed by atoms with van der Waals surface area (Å²) >= 11 is 0. The first-order valence-corrected chi connectivity index (χ1v) is 12.0. The van der Waals surface area contributed by atoms with Crippen molar-refractivity contribution in [3.05, 3.63) is 103 Å². The Hall–Kier alpha value is -4.65. The minimum Gasteiger partial charge on any atom is -0.337 e. The highest BCUT2D eigenvalue weighted by Gasteiger charge is 2.24. The summed E-state index contributed by atoms with van der Waals surface area (Å²) in [7, 11) is 0. The van der Waals surface area contributed by atoms with E-state index in [1.807, 2.05) is 83.8 Å². The Morgan fingerprint density at radius 2 is 1.22 bits per heavy atom. The number of carbonyl (C=O) groups is 1. The van der Waals surface area contributed by atoms with Crippen molar-refractivity contribution in [3.8, 4) is 22.5 Å². The third kappa shape index (κ3) is 4.27. The molecule has 0 radical (unpaired) electrons. The molecule has 0 unspecified atom stereocenters. The minimum absolute atomic E-state index is 0.000673. The molecule has 176 valence electrons. The Morgan fingerprint density at radius 3 is 1.83 bits per heavy atom. The lowest BCUT2D eigenvalue weighted by atomic mass is 10.0. The lowest BCUT2D eigenvalue weighted by Crippen LogP contribution is -2.49. The fraction of sp³-hybridized carbons (Fsp3) is 0.138. The summed E-state index contributed by atoms with van der Waals surface area (Å²) in [5.74, 6) is 0.703. The maximum absolute atomic E-state index is 13.4. The highest BCUT2D eigenvalue weighted by molar-refractivity contribution is 5.98. The molecule has 1 saturated heterocycles. The Bertz CT molecular complexity index is 1500. The van der Waals surface area contributed by atoms with Crippen LogP contribution in [0.5, 0.6) is 0 Å². The van der Waals surface area contributed by atoms with Gasteiger partial charge in [-0.3, -0.25) is 4.79 Å². The predicted molar refractivity (Wildman–Crippen MR) is 141 cm³/mol. The fourth-order valence-corrected chi connectivity index (χ4v) is 4.53. The average Bonchev–Trinajstić information content (AvgIpc) is 2.97. The summed E-state index contributed by atoms with van der Waals surface area (Å²) in [5, 5.41) is 0. The van der Waals surface area contributed by atoms with Gasteiger partial charge in [0.05, 0.1) is 22.4 Å². The van der Waals surface area contributed by atoms with E-state index in [4.69, 9.17) is 9.97 Å². The van der Waals surface area contributed by atoms with Crippen LogP contribution < -0.4 is 4.90 Å². The zero-order chi connectivity index (χ0) is 24.3. The standard InChI is InChI=1S/C29H24N6O/c36-28(34-16-18-35(19-17-34)29-30-14-7-15-31-29)23-12-13-24-25(20-23)33-27(22-10-5-2-6-11-22)26(32-24)21-8-3-1-4-9-21/h1-15,20H,16-19H2. The largest absolute Gasteiger partial charge is 0.337 e. The number of anilines is 1. The first-order chi connectivity index (χ1) is 17.8. The van der Waals surface area contributed by atoms with Gasteiger partial charge >= 0.3 is 0 Å². The van der Waals surface area contributed by atoms with Crippen LogP contribution in [0, 0.1) is 0 Å². The van der Waals surface area contributed by atoms with Gasteiger partial charge in [-0.05, 0) is 24.3 Å². The molecule has 0 bridgehead atoms. The summed E-state index contributed by atoms with van der Waals surface area (Å²) in [6, 6.07) is 27.5. The lowest BCUT2D eigenvalue weighted by Gasteiger charge is -2.34. The highest BCUT2D eigenvalue weighted by Crippen LogP contribution is 2.31. The summed E-state index contributed by atoms with van der Waals surface area (Å²) in [6.45, 7) is 2.62. The molecule has 0 aliphatic carbocycles. The normalized spacial score (nSPS) is 13.7. The number of benzene rings is 3. The van der Waals surface area contributed by atoms with Crippen molar-refractivity contribution < 1.29 is 4.79 Å². The van der Waals surface area contributed by atoms with Crippen LogP contribution in [0.2, 0.25) is 0 Å². The monoisotopic (exact) mass is 472 g/mol. The molecule has 5 aromatic rings. The molecule has 6 rings (SSSR count). The van der Waals surface area contributed by atoms with E-state index in [0.29, 0.717) is 43.2 Å². The third-order valence-electron chi connectivity index (χ3n) is 6.41. The van der Waals surface area contributed by atoms with Gasteiger partial charge < -0.3 is 9.80 Å². The Balaban J connectivity index is 1.31. The molecule has 0 spiro atoms. The van der Waals surface area contributed by atoms with Crippen LogP contribution in [0.4, 0.5) is 5.95 Å². The summed E-state index contributed by atoms with van der Waals surface area (Å²) < 4.78 is 0. The molecular weight excluding hydrogens is 448 g/mol. The van der Waals surface area contributed by atoms with Crippen LogP contribution in [0.25, 0.3) is 33.5 Å². The van der Waals surface area contributed by atoms with Gasteiger partial charge in [0.2, 0.25) is 5.95 Å². The molecule has 1 aliphatic heterocycles. The number of fused-ring (bicyclic) bond motifs is 1. The van der Waals surface area contributed by atoms with Gasteiger partial charge in [-0.2, -0.15) is 0 Å². The van der Waals surface area contributed by atoms with E-state index in [1.54, 1.807) is 18.5 Å². The van der Waals surface area contributed by atoms with Crippen molar-refractivity contribution in [2.24, 2.45) is 0 Å². The Kier molecular flexibility index (Phi) is 5.79. The summed E-state index contributed by atoms with van der Waals surface area (Å²) in [5.41, 5.74) is 5.70. The molecule has 2 aromatic heterocycles. The predicted octanol–water partition coefficient (Wildman–Crippen LogP) is 4.72. The molecule has 3 aromatic carbocycles. The van der Waals surface area contributed by atoms with Crippen LogP contribution in [0.1, 0.15) is 10.4 Å². The van der Waals surface area contributed by atoms with Crippen LogP contribution in [-0.2, 0) is 0 Å². The second-order valence-electron chi connectivity index (χ2n) is 8.68. The fourth-order valence-electron chi connectivity index (χ4n) is 4.53. The maximum Gasteiger partial charge on any atom is 0.254 e. The van der Waals surface area contributed by atoms with E-state index in [0.717, 1.165) is 28.0 Å². The first-order valence-electron chi connectivity index (χ1n) is 12.0. The Morgan fingerprint density at radius 1 is 0.639 bits per heavy atom. The molecule has 0 N–H and O–H groups in total. The topological polar surface area (TPSA) is 75.1 Å². The number of piperazine rings is 1. The van der Waals surface area contributed by atoms with Gasteiger partial charge in [0.15, 0.2) is 0 Å². The number of carbonyl (C=O) groups excluding carboxylic acids is 1. The van der Waals surface area contributed by atoms with E-state index < -0.39 is 0 Å². The molecule has 3 heterocycles. The van der Waals surface area contributed by atoms with Crippen molar-refractivity contribution in [2.45, 2.75) is 0 Å². The molecule has 1 fully saturated rings. The number of nitrogens with zero attached hydrogens (tertiary/aromatic N) is 6. The molecule has 1 aliphatic rings. The van der Waals surface area contributed by atoms with E-state index in [2.05, 4.69) is 14.9 Å². The number of amides is 1. The zero-order valence-corrected chi connectivity index (χ0v) is 19.7. The van der Waals surface area contributed by atoms with Gasteiger partial charge in [-0.15, -0.1) is 0 Å². The quantitative estimate of drug-likeness (QED) is 0.377. The van der Waals surface area contributed by atoms with Crippen LogP contribution in [-0.4, -0.2) is 56.9 Å². The van der Waals surface area contributed by atoms with E-state index >= 15 is 0 Å². The van der Waals surface area contributed by atoms with Crippen LogP contribution >= 0.6 is 0 Å².